The van der Waals surface area contributed by atoms with Gasteiger partial charge in [-0.25, -0.2) is 0 Å². The van der Waals surface area contributed by atoms with E-state index in [4.69, 9.17) is 4.74 Å². The van der Waals surface area contributed by atoms with Crippen LogP contribution < -0.4 is 10.1 Å². The molecule has 4 nitrogen and oxygen atoms in total. The summed E-state index contributed by atoms with van der Waals surface area (Å²) < 4.78 is 5.72. The summed E-state index contributed by atoms with van der Waals surface area (Å²) >= 11 is 0. The second kappa shape index (κ2) is 6.75. The van der Waals surface area contributed by atoms with Gasteiger partial charge in [-0.05, 0) is 38.0 Å². The number of carbonyl (C=O) groups is 1. The lowest BCUT2D eigenvalue weighted by Crippen LogP contribution is -2.46. The Bertz CT molecular complexity index is 466. The molecule has 0 saturated carbocycles. The van der Waals surface area contributed by atoms with Crippen molar-refractivity contribution in [2.24, 2.45) is 0 Å². The maximum Gasteiger partial charge on any atom is 0.227 e. The van der Waals surface area contributed by atoms with Gasteiger partial charge in [0.1, 0.15) is 5.75 Å². The summed E-state index contributed by atoms with van der Waals surface area (Å²) in [7, 11) is 0. The van der Waals surface area contributed by atoms with Gasteiger partial charge in [-0.15, -0.1) is 0 Å². The molecule has 1 saturated heterocycles. The Morgan fingerprint density at radius 1 is 1.35 bits per heavy atom. The maximum atomic E-state index is 12.2. The van der Waals surface area contributed by atoms with E-state index in [9.17, 15) is 4.79 Å². The molecule has 2 rings (SSSR count). The summed E-state index contributed by atoms with van der Waals surface area (Å²) in [6.07, 6.45) is 0.644. The Kier molecular flexibility index (Phi) is 5.01. The number of ether oxygens (including phenoxy) is 1. The number of nitrogens with zero attached hydrogens (tertiary/aromatic N) is 1. The van der Waals surface area contributed by atoms with Crippen LogP contribution in [0.15, 0.2) is 18.2 Å². The van der Waals surface area contributed by atoms with Crippen molar-refractivity contribution in [2.75, 3.05) is 26.2 Å². The summed E-state index contributed by atoms with van der Waals surface area (Å²) in [5.41, 5.74) is 2.14. The first-order valence-corrected chi connectivity index (χ1v) is 7.31. The first-order valence-electron chi connectivity index (χ1n) is 7.31. The van der Waals surface area contributed by atoms with Gasteiger partial charge >= 0.3 is 0 Å². The second-order valence-electron chi connectivity index (χ2n) is 5.57. The number of benzene rings is 1. The van der Waals surface area contributed by atoms with E-state index < -0.39 is 0 Å². The van der Waals surface area contributed by atoms with Crippen molar-refractivity contribution >= 4 is 5.91 Å². The third kappa shape index (κ3) is 3.97. The summed E-state index contributed by atoms with van der Waals surface area (Å²) in [5.74, 6) is 1.11. The first-order chi connectivity index (χ1) is 9.56. The van der Waals surface area contributed by atoms with Crippen molar-refractivity contribution < 1.29 is 9.53 Å². The normalized spacial score (nSPS) is 15.5. The van der Waals surface area contributed by atoms with Gasteiger partial charge in [-0.1, -0.05) is 12.1 Å². The molecule has 1 aliphatic rings. The molecule has 1 N–H and O–H groups in total. The van der Waals surface area contributed by atoms with Gasteiger partial charge in [0.2, 0.25) is 5.91 Å². The number of amides is 1. The van der Waals surface area contributed by atoms with Crippen LogP contribution in [0.3, 0.4) is 0 Å². The number of nitrogens with one attached hydrogen (secondary N) is 1. The van der Waals surface area contributed by atoms with Crippen molar-refractivity contribution in [3.05, 3.63) is 29.3 Å². The van der Waals surface area contributed by atoms with Gasteiger partial charge in [-0.2, -0.15) is 0 Å². The van der Waals surface area contributed by atoms with E-state index in [2.05, 4.69) is 11.4 Å². The number of hydrogen-bond acceptors (Lipinski definition) is 3. The van der Waals surface area contributed by atoms with Crippen molar-refractivity contribution in [3.63, 3.8) is 0 Å². The molecule has 1 aliphatic heterocycles. The lowest BCUT2D eigenvalue weighted by atomic mass is 10.1. The van der Waals surface area contributed by atoms with E-state index >= 15 is 0 Å². The highest BCUT2D eigenvalue weighted by Gasteiger charge is 2.16. The molecule has 1 aromatic carbocycles. The number of rotatable bonds is 4. The highest BCUT2D eigenvalue weighted by molar-refractivity contribution is 5.79. The van der Waals surface area contributed by atoms with Crippen LogP contribution in [-0.2, 0) is 11.2 Å². The molecule has 0 aliphatic carbocycles. The Morgan fingerprint density at radius 3 is 2.65 bits per heavy atom. The average molecular weight is 276 g/mol. The van der Waals surface area contributed by atoms with Gasteiger partial charge < -0.3 is 15.0 Å². The molecule has 0 bridgehead atoms. The quantitative estimate of drug-likeness (QED) is 0.911. The summed E-state index contributed by atoms with van der Waals surface area (Å²) in [6, 6.07) is 6.01. The number of hydrogen-bond donors (Lipinski definition) is 1. The van der Waals surface area contributed by atoms with Crippen molar-refractivity contribution in [2.45, 2.75) is 33.3 Å². The second-order valence-corrected chi connectivity index (χ2v) is 5.57. The number of aryl methyl sites for hydroxylation is 1. The zero-order valence-electron chi connectivity index (χ0n) is 12.6. The standard InChI is InChI=1S/C16H24N2O2/c1-12(2)20-15-5-4-14(10-13(15)3)11-16(19)18-8-6-17-7-9-18/h4-5,10,12,17H,6-9,11H2,1-3H3. The number of piperazine rings is 1. The Balaban J connectivity index is 1.99. The van der Waals surface area contributed by atoms with Crippen LogP contribution in [0.1, 0.15) is 25.0 Å². The van der Waals surface area contributed by atoms with Crippen LogP contribution >= 0.6 is 0 Å². The fraction of sp³-hybridized carbons (Fsp3) is 0.562. The molecule has 0 radical (unpaired) electrons. The van der Waals surface area contributed by atoms with Crippen LogP contribution in [-0.4, -0.2) is 43.1 Å². The highest BCUT2D eigenvalue weighted by Crippen LogP contribution is 2.21. The van der Waals surface area contributed by atoms with Gasteiger partial charge in [0, 0.05) is 26.2 Å². The molecule has 1 aromatic rings. The van der Waals surface area contributed by atoms with E-state index in [1.807, 2.05) is 37.8 Å². The summed E-state index contributed by atoms with van der Waals surface area (Å²) in [6.45, 7) is 9.47. The minimum atomic E-state index is 0.169. The molecular formula is C16H24N2O2. The third-order valence-electron chi connectivity index (χ3n) is 3.43. The lowest BCUT2D eigenvalue weighted by Gasteiger charge is -2.27. The Morgan fingerprint density at radius 2 is 2.05 bits per heavy atom. The molecule has 1 heterocycles. The number of carbonyl (C=O) groups excluding carboxylic acids is 1. The Hall–Kier alpha value is -1.55. The highest BCUT2D eigenvalue weighted by atomic mass is 16.5. The van der Waals surface area contributed by atoms with Crippen LogP contribution in [0.2, 0.25) is 0 Å². The van der Waals surface area contributed by atoms with E-state index in [0.29, 0.717) is 6.42 Å². The van der Waals surface area contributed by atoms with Crippen molar-refractivity contribution in [1.82, 2.24) is 10.2 Å². The zero-order chi connectivity index (χ0) is 14.5. The fourth-order valence-electron chi connectivity index (χ4n) is 2.41. The SMILES string of the molecule is Cc1cc(CC(=O)N2CCNCC2)ccc1OC(C)C. The predicted octanol–water partition coefficient (Wildman–Crippen LogP) is 1.76. The molecule has 110 valence electrons. The molecule has 0 spiro atoms. The van der Waals surface area contributed by atoms with Crippen LogP contribution in [0.25, 0.3) is 0 Å². The van der Waals surface area contributed by atoms with E-state index in [1.54, 1.807) is 0 Å². The van der Waals surface area contributed by atoms with Gasteiger partial charge in [0.05, 0.1) is 12.5 Å². The molecular weight excluding hydrogens is 252 g/mol. The molecule has 0 aromatic heterocycles. The zero-order valence-corrected chi connectivity index (χ0v) is 12.6. The van der Waals surface area contributed by atoms with Gasteiger partial charge in [0.15, 0.2) is 0 Å². The van der Waals surface area contributed by atoms with E-state index in [0.717, 1.165) is 43.1 Å². The van der Waals surface area contributed by atoms with Crippen LogP contribution in [0.5, 0.6) is 5.75 Å². The summed E-state index contributed by atoms with van der Waals surface area (Å²) in [4.78, 5) is 14.1. The average Bonchev–Trinajstić information content (AvgIpc) is 2.42. The lowest BCUT2D eigenvalue weighted by molar-refractivity contribution is -0.131. The first kappa shape index (κ1) is 14.9. The molecule has 0 unspecified atom stereocenters. The van der Waals surface area contributed by atoms with Crippen molar-refractivity contribution in [3.8, 4) is 5.75 Å². The summed E-state index contributed by atoms with van der Waals surface area (Å²) in [5, 5.41) is 3.26. The molecule has 1 fully saturated rings. The van der Waals surface area contributed by atoms with Crippen LogP contribution in [0, 0.1) is 6.92 Å². The minimum Gasteiger partial charge on any atom is -0.491 e. The topological polar surface area (TPSA) is 41.6 Å². The third-order valence-corrected chi connectivity index (χ3v) is 3.43. The fourth-order valence-corrected chi connectivity index (χ4v) is 2.41. The largest absolute Gasteiger partial charge is 0.491 e. The molecule has 4 heteroatoms. The molecule has 20 heavy (non-hydrogen) atoms. The van der Waals surface area contributed by atoms with Gasteiger partial charge in [-0.3, -0.25) is 4.79 Å². The molecule has 0 atom stereocenters. The predicted molar refractivity (Wildman–Crippen MR) is 80.1 cm³/mol. The van der Waals surface area contributed by atoms with Crippen LogP contribution in [0.4, 0.5) is 0 Å². The van der Waals surface area contributed by atoms with E-state index in [-0.39, 0.29) is 12.0 Å². The van der Waals surface area contributed by atoms with E-state index in [1.165, 1.54) is 0 Å². The monoisotopic (exact) mass is 276 g/mol. The van der Waals surface area contributed by atoms with Gasteiger partial charge in [0.25, 0.3) is 0 Å². The maximum absolute atomic E-state index is 12.2. The minimum absolute atomic E-state index is 0.169. The molecule has 1 amide bonds. The smallest absolute Gasteiger partial charge is 0.227 e. The van der Waals surface area contributed by atoms with Crippen molar-refractivity contribution in [1.29, 1.82) is 0 Å². The Labute approximate surface area is 121 Å².